The van der Waals surface area contributed by atoms with Crippen molar-refractivity contribution in [3.8, 4) is 0 Å². The van der Waals surface area contributed by atoms with Gasteiger partial charge in [-0.3, -0.25) is 0 Å². The quantitative estimate of drug-likeness (QED) is 0.714. The first kappa shape index (κ1) is 18.1. The van der Waals surface area contributed by atoms with Crippen molar-refractivity contribution in [2.45, 2.75) is 25.4 Å². The highest BCUT2D eigenvalue weighted by Gasteiger charge is 2.23. The molecule has 7 heteroatoms. The van der Waals surface area contributed by atoms with Crippen LogP contribution in [0.25, 0.3) is 0 Å². The first-order chi connectivity index (χ1) is 11.4. The second-order valence-corrected chi connectivity index (χ2v) is 6.29. The number of carbonyl (C=O) groups is 2. The summed E-state index contributed by atoms with van der Waals surface area (Å²) in [7, 11) is 5.00. The highest BCUT2D eigenvalue weighted by atomic mass is 16.5. The van der Waals surface area contributed by atoms with Crippen molar-refractivity contribution in [1.82, 2.24) is 5.32 Å². The molecule has 24 heavy (non-hydrogen) atoms. The number of aliphatic hydroxyl groups is 1. The first-order valence-corrected chi connectivity index (χ1v) is 8.03. The standard InChI is InChI=1S/C17H25N3O4/c1-20(2)15-9-12(16(22)24-3)5-7-14(15)19-17(23)18-10-11-4-6-13(21)8-11/h5,7,9,11,13,21H,4,6,8,10H2,1-3H3,(H2,18,19,23)/t11-,13+/m0/s1. The van der Waals surface area contributed by atoms with Gasteiger partial charge < -0.3 is 25.4 Å². The molecule has 0 bridgehead atoms. The van der Waals surface area contributed by atoms with Crippen molar-refractivity contribution in [2.24, 2.45) is 5.92 Å². The third-order valence-electron chi connectivity index (χ3n) is 4.21. The van der Waals surface area contributed by atoms with E-state index in [9.17, 15) is 14.7 Å². The molecule has 1 aliphatic carbocycles. The summed E-state index contributed by atoms with van der Waals surface area (Å²) < 4.78 is 4.72. The number of urea groups is 1. The van der Waals surface area contributed by atoms with E-state index in [2.05, 4.69) is 10.6 Å². The van der Waals surface area contributed by atoms with Crippen LogP contribution in [0.2, 0.25) is 0 Å². The molecule has 1 aliphatic rings. The molecule has 0 saturated heterocycles. The summed E-state index contributed by atoms with van der Waals surface area (Å²) in [5.41, 5.74) is 1.74. The Morgan fingerprint density at radius 3 is 2.67 bits per heavy atom. The van der Waals surface area contributed by atoms with Gasteiger partial charge >= 0.3 is 12.0 Å². The predicted molar refractivity (Wildman–Crippen MR) is 92.5 cm³/mol. The molecule has 2 amide bonds. The van der Waals surface area contributed by atoms with Gasteiger partial charge in [0.1, 0.15) is 0 Å². The number of nitrogens with zero attached hydrogens (tertiary/aromatic N) is 1. The van der Waals surface area contributed by atoms with Crippen LogP contribution in [0, 0.1) is 5.92 Å². The SMILES string of the molecule is COC(=O)c1ccc(NC(=O)NC[C@H]2CC[C@@H](O)C2)c(N(C)C)c1. The Bertz CT molecular complexity index is 603. The van der Waals surface area contributed by atoms with Crippen LogP contribution in [0.4, 0.5) is 16.2 Å². The molecule has 0 radical (unpaired) electrons. The number of carbonyl (C=O) groups excluding carboxylic acids is 2. The highest BCUT2D eigenvalue weighted by Crippen LogP contribution is 2.27. The second kappa shape index (κ2) is 8.01. The lowest BCUT2D eigenvalue weighted by Crippen LogP contribution is -2.33. The maximum atomic E-state index is 12.1. The van der Waals surface area contributed by atoms with Crippen LogP contribution in [0.15, 0.2) is 18.2 Å². The number of anilines is 2. The smallest absolute Gasteiger partial charge is 0.337 e. The minimum absolute atomic E-state index is 0.244. The predicted octanol–water partition coefficient (Wildman–Crippen LogP) is 1.82. The maximum absolute atomic E-state index is 12.1. The maximum Gasteiger partial charge on any atom is 0.337 e. The average Bonchev–Trinajstić information content (AvgIpc) is 2.97. The second-order valence-electron chi connectivity index (χ2n) is 6.29. The zero-order valence-electron chi connectivity index (χ0n) is 14.3. The Kier molecular flexibility index (Phi) is 6.03. The fraction of sp³-hybridized carbons (Fsp3) is 0.529. The molecule has 7 nitrogen and oxygen atoms in total. The van der Waals surface area contributed by atoms with Crippen molar-refractivity contribution in [2.75, 3.05) is 38.0 Å². The monoisotopic (exact) mass is 335 g/mol. The fourth-order valence-electron chi connectivity index (χ4n) is 2.89. The van der Waals surface area contributed by atoms with E-state index < -0.39 is 5.97 Å². The van der Waals surface area contributed by atoms with Gasteiger partial charge in [-0.25, -0.2) is 9.59 Å². The Hall–Kier alpha value is -2.28. The Balaban J connectivity index is 1.99. The lowest BCUT2D eigenvalue weighted by Gasteiger charge is -2.19. The molecule has 1 saturated carbocycles. The molecular weight excluding hydrogens is 310 g/mol. The lowest BCUT2D eigenvalue weighted by molar-refractivity contribution is 0.0601. The molecule has 0 heterocycles. The fourth-order valence-corrected chi connectivity index (χ4v) is 2.89. The Labute approximate surface area is 142 Å². The summed E-state index contributed by atoms with van der Waals surface area (Å²) in [6.07, 6.45) is 2.22. The molecule has 132 valence electrons. The zero-order valence-corrected chi connectivity index (χ0v) is 14.3. The Morgan fingerprint density at radius 1 is 1.33 bits per heavy atom. The highest BCUT2D eigenvalue weighted by molar-refractivity contribution is 5.96. The molecule has 0 aliphatic heterocycles. The van der Waals surface area contributed by atoms with E-state index in [-0.39, 0.29) is 12.1 Å². The van der Waals surface area contributed by atoms with Gasteiger partial charge in [0.15, 0.2) is 0 Å². The number of hydrogen-bond acceptors (Lipinski definition) is 5. The summed E-state index contributed by atoms with van der Waals surface area (Å²) in [6, 6.07) is 4.67. The van der Waals surface area contributed by atoms with Crippen LogP contribution in [-0.2, 0) is 4.74 Å². The molecule has 3 N–H and O–H groups in total. The minimum Gasteiger partial charge on any atom is -0.465 e. The van der Waals surface area contributed by atoms with E-state index in [1.807, 2.05) is 19.0 Å². The van der Waals surface area contributed by atoms with Gasteiger partial charge in [-0.05, 0) is 43.4 Å². The van der Waals surface area contributed by atoms with E-state index in [4.69, 9.17) is 4.74 Å². The van der Waals surface area contributed by atoms with Crippen LogP contribution in [-0.4, -0.2) is 51.0 Å². The average molecular weight is 335 g/mol. The third-order valence-corrected chi connectivity index (χ3v) is 4.21. The molecule has 0 unspecified atom stereocenters. The number of hydrogen-bond donors (Lipinski definition) is 3. The summed E-state index contributed by atoms with van der Waals surface area (Å²) in [5.74, 6) is -0.102. The number of ether oxygens (including phenoxy) is 1. The van der Waals surface area contributed by atoms with E-state index in [1.165, 1.54) is 7.11 Å². The van der Waals surface area contributed by atoms with Gasteiger partial charge in [-0.2, -0.15) is 0 Å². The number of benzene rings is 1. The van der Waals surface area contributed by atoms with Crippen LogP contribution in [0.3, 0.4) is 0 Å². The van der Waals surface area contributed by atoms with Gasteiger partial charge in [-0.15, -0.1) is 0 Å². The van der Waals surface area contributed by atoms with E-state index >= 15 is 0 Å². The molecule has 1 aromatic carbocycles. The molecule has 1 aromatic rings. The van der Waals surface area contributed by atoms with Crippen molar-refractivity contribution >= 4 is 23.4 Å². The van der Waals surface area contributed by atoms with E-state index in [1.54, 1.807) is 18.2 Å². The Morgan fingerprint density at radius 2 is 2.08 bits per heavy atom. The van der Waals surface area contributed by atoms with Gasteiger partial charge in [-0.1, -0.05) is 0 Å². The summed E-state index contributed by atoms with van der Waals surface area (Å²) in [4.78, 5) is 25.6. The number of aliphatic hydroxyl groups excluding tert-OH is 1. The van der Waals surface area contributed by atoms with Gasteiger partial charge in [0, 0.05) is 20.6 Å². The molecule has 2 atom stereocenters. The molecule has 0 aromatic heterocycles. The van der Waals surface area contributed by atoms with Crippen LogP contribution in [0.1, 0.15) is 29.6 Å². The summed E-state index contributed by atoms with van der Waals surface area (Å²) in [5, 5.41) is 15.2. The molecule has 0 spiro atoms. The van der Waals surface area contributed by atoms with Crippen molar-refractivity contribution in [1.29, 1.82) is 0 Å². The van der Waals surface area contributed by atoms with Gasteiger partial charge in [0.2, 0.25) is 0 Å². The van der Waals surface area contributed by atoms with Crippen LogP contribution in [0.5, 0.6) is 0 Å². The lowest BCUT2D eigenvalue weighted by atomic mass is 10.1. The van der Waals surface area contributed by atoms with E-state index in [0.29, 0.717) is 29.4 Å². The molecule has 1 fully saturated rings. The van der Waals surface area contributed by atoms with Gasteiger partial charge in [0.05, 0.1) is 30.2 Å². The van der Waals surface area contributed by atoms with Gasteiger partial charge in [0.25, 0.3) is 0 Å². The number of methoxy groups -OCH3 is 1. The number of esters is 1. The van der Waals surface area contributed by atoms with Crippen molar-refractivity contribution in [3.63, 3.8) is 0 Å². The topological polar surface area (TPSA) is 90.9 Å². The first-order valence-electron chi connectivity index (χ1n) is 8.03. The summed E-state index contributed by atoms with van der Waals surface area (Å²) in [6.45, 7) is 0.542. The molecular formula is C17H25N3O4. The number of amides is 2. The number of rotatable bonds is 5. The molecule has 2 rings (SSSR count). The zero-order chi connectivity index (χ0) is 17.7. The van der Waals surface area contributed by atoms with E-state index in [0.717, 1.165) is 19.3 Å². The van der Waals surface area contributed by atoms with Crippen molar-refractivity contribution < 1.29 is 19.4 Å². The normalized spacial score (nSPS) is 19.7. The minimum atomic E-state index is -0.422. The summed E-state index contributed by atoms with van der Waals surface area (Å²) >= 11 is 0. The largest absolute Gasteiger partial charge is 0.465 e. The van der Waals surface area contributed by atoms with Crippen LogP contribution >= 0.6 is 0 Å². The van der Waals surface area contributed by atoms with Crippen molar-refractivity contribution in [3.05, 3.63) is 23.8 Å². The number of nitrogens with one attached hydrogen (secondary N) is 2. The van der Waals surface area contributed by atoms with Crippen LogP contribution < -0.4 is 15.5 Å². The third kappa shape index (κ3) is 4.61.